The third kappa shape index (κ3) is 11.7. The predicted octanol–water partition coefficient (Wildman–Crippen LogP) is 0.334. The lowest BCUT2D eigenvalue weighted by Gasteiger charge is -2.26. The maximum absolute atomic E-state index is 12.8. The summed E-state index contributed by atoms with van der Waals surface area (Å²) >= 11 is 0. The highest BCUT2D eigenvalue weighted by atomic mass is 16.4. The van der Waals surface area contributed by atoms with E-state index in [1.165, 1.54) is 0 Å². The average molecular weight is 435 g/mol. The van der Waals surface area contributed by atoms with Crippen LogP contribution in [-0.4, -0.2) is 87.5 Å². The second-order valence-corrected chi connectivity index (χ2v) is 8.50. The first-order valence-electron chi connectivity index (χ1n) is 11.5. The summed E-state index contributed by atoms with van der Waals surface area (Å²) in [6.45, 7) is 8.30. The summed E-state index contributed by atoms with van der Waals surface area (Å²) in [7, 11) is 0. The van der Waals surface area contributed by atoms with Gasteiger partial charge in [0.05, 0.1) is 18.8 Å². The normalized spacial score (nSPS) is 19.0. The highest BCUT2D eigenvalue weighted by Crippen LogP contribution is 2.14. The van der Waals surface area contributed by atoms with Crippen molar-refractivity contribution in [2.24, 2.45) is 5.92 Å². The fourth-order valence-corrected chi connectivity index (χ4v) is 3.62. The lowest BCUT2D eigenvalue weighted by atomic mass is 9.92. The maximum Gasteiger partial charge on any atom is 0.152 e. The van der Waals surface area contributed by atoms with E-state index in [-0.39, 0.29) is 24.3 Å². The van der Waals surface area contributed by atoms with Gasteiger partial charge < -0.3 is 36.2 Å². The fourth-order valence-electron chi connectivity index (χ4n) is 3.62. The van der Waals surface area contributed by atoms with Gasteiger partial charge in [0.2, 0.25) is 0 Å². The van der Waals surface area contributed by atoms with E-state index in [1.807, 2.05) is 6.92 Å². The number of aliphatic hydroxyl groups excluding tert-OH is 5. The van der Waals surface area contributed by atoms with E-state index in [2.05, 4.69) is 31.4 Å². The molecule has 8 nitrogen and oxygen atoms in total. The summed E-state index contributed by atoms with van der Waals surface area (Å²) in [5.74, 6) is 0.333. The summed E-state index contributed by atoms with van der Waals surface area (Å²) in [5, 5.41) is 53.9. The van der Waals surface area contributed by atoms with Crippen molar-refractivity contribution in [2.45, 2.75) is 109 Å². The van der Waals surface area contributed by atoms with Crippen molar-refractivity contribution < 1.29 is 30.3 Å². The molecule has 0 amide bonds. The van der Waals surface area contributed by atoms with E-state index >= 15 is 0 Å². The number of nitrogens with one attached hydrogen (secondary N) is 2. The molecule has 0 aliphatic heterocycles. The summed E-state index contributed by atoms with van der Waals surface area (Å²) in [5.41, 5.74) is 0. The minimum Gasteiger partial charge on any atom is -0.394 e. The van der Waals surface area contributed by atoms with Crippen LogP contribution in [0.2, 0.25) is 0 Å². The van der Waals surface area contributed by atoms with Crippen LogP contribution in [0, 0.1) is 5.92 Å². The van der Waals surface area contributed by atoms with E-state index in [9.17, 15) is 25.2 Å². The van der Waals surface area contributed by atoms with E-state index in [0.29, 0.717) is 12.6 Å². The van der Waals surface area contributed by atoms with Gasteiger partial charge >= 0.3 is 0 Å². The maximum atomic E-state index is 12.8. The van der Waals surface area contributed by atoms with Crippen LogP contribution < -0.4 is 10.6 Å². The number of hydrogen-bond donors (Lipinski definition) is 7. The third-order valence-corrected chi connectivity index (χ3v) is 5.53. The molecule has 0 rings (SSSR count). The first-order chi connectivity index (χ1) is 14.2. The molecule has 0 fully saturated rings. The van der Waals surface area contributed by atoms with E-state index in [0.717, 1.165) is 44.9 Å². The summed E-state index contributed by atoms with van der Waals surface area (Å²) in [6, 6.07) is 0.156. The third-order valence-electron chi connectivity index (χ3n) is 5.53. The minimum atomic E-state index is -1.61. The Balaban J connectivity index is 4.36. The second-order valence-electron chi connectivity index (χ2n) is 8.50. The number of unbranched alkanes of at least 4 members (excludes halogenated alkanes) is 1. The first kappa shape index (κ1) is 29.4. The quantitative estimate of drug-likeness (QED) is 0.144. The Morgan fingerprint density at radius 2 is 1.47 bits per heavy atom. The highest BCUT2D eigenvalue weighted by Gasteiger charge is 2.29. The van der Waals surface area contributed by atoms with Gasteiger partial charge in [-0.1, -0.05) is 40.0 Å². The molecule has 0 aliphatic rings. The SMILES string of the molecule is CCCC(C)N[C@@H](CCCCNCC(O)C(O)C(O)C(O)CO)C(=O)C(C)CCC. The molecule has 0 aliphatic carbocycles. The molecule has 7 atom stereocenters. The van der Waals surface area contributed by atoms with Gasteiger partial charge in [0.1, 0.15) is 18.3 Å². The van der Waals surface area contributed by atoms with Crippen LogP contribution in [0.4, 0.5) is 0 Å². The molecule has 0 aromatic rings. The Morgan fingerprint density at radius 3 is 2.03 bits per heavy atom. The van der Waals surface area contributed by atoms with Crippen LogP contribution in [0.5, 0.6) is 0 Å². The van der Waals surface area contributed by atoms with Gasteiger partial charge in [-0.2, -0.15) is 0 Å². The molecular formula is C22H46N2O6. The number of aliphatic hydroxyl groups is 5. The van der Waals surface area contributed by atoms with Gasteiger partial charge in [0.15, 0.2) is 5.78 Å². The van der Waals surface area contributed by atoms with Crippen molar-refractivity contribution in [3.05, 3.63) is 0 Å². The van der Waals surface area contributed by atoms with Crippen molar-refractivity contribution in [1.29, 1.82) is 0 Å². The van der Waals surface area contributed by atoms with Crippen LogP contribution >= 0.6 is 0 Å². The van der Waals surface area contributed by atoms with Crippen LogP contribution in [0.1, 0.15) is 72.6 Å². The molecule has 6 unspecified atom stereocenters. The van der Waals surface area contributed by atoms with Crippen molar-refractivity contribution in [2.75, 3.05) is 19.7 Å². The zero-order valence-corrected chi connectivity index (χ0v) is 19.3. The second kappa shape index (κ2) is 17.0. The van der Waals surface area contributed by atoms with Crippen molar-refractivity contribution in [3.8, 4) is 0 Å². The van der Waals surface area contributed by atoms with Gasteiger partial charge in [-0.05, 0) is 39.2 Å². The van der Waals surface area contributed by atoms with Crippen LogP contribution in [0.15, 0.2) is 0 Å². The number of ketones is 1. The highest BCUT2D eigenvalue weighted by molar-refractivity contribution is 5.86. The molecule has 0 heterocycles. The molecule has 0 aromatic heterocycles. The van der Waals surface area contributed by atoms with Gasteiger partial charge in [-0.3, -0.25) is 4.79 Å². The molecule has 30 heavy (non-hydrogen) atoms. The lowest BCUT2D eigenvalue weighted by molar-refractivity contribution is -0.125. The molecule has 7 N–H and O–H groups in total. The molecule has 0 radical (unpaired) electrons. The summed E-state index contributed by atoms with van der Waals surface area (Å²) in [6.07, 6.45) is 0.486. The summed E-state index contributed by atoms with van der Waals surface area (Å²) < 4.78 is 0. The van der Waals surface area contributed by atoms with E-state index in [4.69, 9.17) is 5.11 Å². The predicted molar refractivity (Wildman–Crippen MR) is 118 cm³/mol. The first-order valence-corrected chi connectivity index (χ1v) is 11.5. The zero-order chi connectivity index (χ0) is 23.1. The molecular weight excluding hydrogens is 388 g/mol. The van der Waals surface area contributed by atoms with Crippen LogP contribution in [0.3, 0.4) is 0 Å². The number of carbonyl (C=O) groups is 1. The lowest BCUT2D eigenvalue weighted by Crippen LogP contribution is -2.49. The number of Topliss-reactive ketones (excluding diaryl/α,β-unsaturated/α-hetero) is 1. The zero-order valence-electron chi connectivity index (χ0n) is 19.3. The summed E-state index contributed by atoms with van der Waals surface area (Å²) in [4.78, 5) is 12.8. The topological polar surface area (TPSA) is 142 Å². The largest absolute Gasteiger partial charge is 0.394 e. The van der Waals surface area contributed by atoms with Gasteiger partial charge in [-0.15, -0.1) is 0 Å². The molecule has 0 bridgehead atoms. The molecule has 0 aromatic carbocycles. The van der Waals surface area contributed by atoms with Crippen LogP contribution in [0.25, 0.3) is 0 Å². The minimum absolute atomic E-state index is 0.0526. The van der Waals surface area contributed by atoms with E-state index < -0.39 is 31.0 Å². The van der Waals surface area contributed by atoms with Crippen molar-refractivity contribution in [3.63, 3.8) is 0 Å². The van der Waals surface area contributed by atoms with E-state index in [1.54, 1.807) is 0 Å². The average Bonchev–Trinajstić information content (AvgIpc) is 2.73. The molecule has 8 heteroatoms. The Bertz CT molecular complexity index is 440. The standard InChI is InChI=1S/C22H46N2O6/c1-5-9-15(3)20(28)17(24-16(4)10-6-2)11-7-8-12-23-13-18(26)21(29)22(30)19(27)14-25/h15-19,21-27,29-30H,5-14H2,1-4H3/t15?,16?,17-,18?,19?,21?,22?/m0/s1. The Hall–Kier alpha value is -0.610. The molecule has 180 valence electrons. The number of hydrogen-bond acceptors (Lipinski definition) is 8. The fraction of sp³-hybridized carbons (Fsp3) is 0.955. The van der Waals surface area contributed by atoms with Crippen molar-refractivity contribution in [1.82, 2.24) is 10.6 Å². The Kier molecular flexibility index (Phi) is 16.7. The number of carbonyl (C=O) groups excluding carboxylic acids is 1. The molecule has 0 saturated carbocycles. The van der Waals surface area contributed by atoms with Crippen LogP contribution in [-0.2, 0) is 4.79 Å². The van der Waals surface area contributed by atoms with Crippen molar-refractivity contribution >= 4 is 5.78 Å². The Labute approximate surface area is 182 Å². The number of rotatable bonds is 19. The molecule has 0 saturated heterocycles. The smallest absolute Gasteiger partial charge is 0.152 e. The van der Waals surface area contributed by atoms with Gasteiger partial charge in [0.25, 0.3) is 0 Å². The monoisotopic (exact) mass is 434 g/mol. The Morgan fingerprint density at radius 1 is 0.867 bits per heavy atom. The molecule has 0 spiro atoms. The van der Waals surface area contributed by atoms with Gasteiger partial charge in [-0.25, -0.2) is 0 Å². The van der Waals surface area contributed by atoms with Gasteiger partial charge in [0, 0.05) is 18.5 Å².